The summed E-state index contributed by atoms with van der Waals surface area (Å²) in [5.41, 5.74) is 6.76. The fourth-order valence-corrected chi connectivity index (χ4v) is 2.09. The predicted octanol–water partition coefficient (Wildman–Crippen LogP) is 1.37. The number of hydrogen-bond donors (Lipinski definition) is 3. The number of sulfonamides is 1. The molecule has 20 heavy (non-hydrogen) atoms. The fourth-order valence-electron chi connectivity index (χ4n) is 1.54. The fraction of sp³-hybridized carbons (Fsp3) is 0.462. The summed E-state index contributed by atoms with van der Waals surface area (Å²) in [4.78, 5) is 11.8. The molecule has 0 saturated heterocycles. The van der Waals surface area contributed by atoms with E-state index in [1.165, 1.54) is 0 Å². The minimum Gasteiger partial charge on any atom is -0.327 e. The van der Waals surface area contributed by atoms with Crippen LogP contribution in [0, 0.1) is 5.92 Å². The van der Waals surface area contributed by atoms with Crippen LogP contribution < -0.4 is 15.8 Å². The zero-order valence-corrected chi connectivity index (χ0v) is 12.7. The molecule has 0 aromatic heterocycles. The summed E-state index contributed by atoms with van der Waals surface area (Å²) in [6.45, 7) is 3.91. The molecule has 0 aliphatic rings. The number of nitrogens with two attached hydrogens (primary N) is 1. The van der Waals surface area contributed by atoms with E-state index in [0.29, 0.717) is 11.4 Å². The van der Waals surface area contributed by atoms with Gasteiger partial charge >= 0.3 is 0 Å². The Morgan fingerprint density at radius 2 is 1.90 bits per heavy atom. The van der Waals surface area contributed by atoms with Crippen molar-refractivity contribution in [2.24, 2.45) is 11.7 Å². The molecule has 4 N–H and O–H groups in total. The number of anilines is 2. The van der Waals surface area contributed by atoms with Gasteiger partial charge in [-0.1, -0.05) is 19.9 Å². The Morgan fingerprint density at radius 1 is 1.30 bits per heavy atom. The molecule has 7 heteroatoms. The highest BCUT2D eigenvalue weighted by atomic mass is 32.2. The second-order valence-corrected chi connectivity index (χ2v) is 6.86. The second kappa shape index (κ2) is 6.71. The van der Waals surface area contributed by atoms with Crippen LogP contribution in [0.1, 0.15) is 20.3 Å². The summed E-state index contributed by atoms with van der Waals surface area (Å²) in [6.07, 6.45) is 1.29. The Kier molecular flexibility index (Phi) is 5.52. The standard InChI is InChI=1S/C13H21N3O3S/c1-9(2)12(14)8-13(17)15-10-5-4-6-11(7-10)16-20(3,18)19/h4-7,9,12,16H,8,14H2,1-3H3,(H,15,17). The lowest BCUT2D eigenvalue weighted by molar-refractivity contribution is -0.116. The van der Waals surface area contributed by atoms with E-state index in [4.69, 9.17) is 5.73 Å². The van der Waals surface area contributed by atoms with Crippen LogP contribution in [0.25, 0.3) is 0 Å². The quantitative estimate of drug-likeness (QED) is 0.738. The van der Waals surface area contributed by atoms with Crippen LogP contribution in [0.2, 0.25) is 0 Å². The highest BCUT2D eigenvalue weighted by molar-refractivity contribution is 7.92. The van der Waals surface area contributed by atoms with E-state index in [2.05, 4.69) is 10.0 Å². The number of benzene rings is 1. The maximum atomic E-state index is 11.8. The average molecular weight is 299 g/mol. The molecule has 0 spiro atoms. The Balaban J connectivity index is 2.69. The maximum absolute atomic E-state index is 11.8. The summed E-state index contributed by atoms with van der Waals surface area (Å²) < 4.78 is 24.6. The van der Waals surface area contributed by atoms with E-state index < -0.39 is 10.0 Å². The van der Waals surface area contributed by atoms with Gasteiger partial charge in [0.2, 0.25) is 15.9 Å². The first-order chi connectivity index (χ1) is 9.17. The van der Waals surface area contributed by atoms with Gasteiger partial charge in [0.15, 0.2) is 0 Å². The Hall–Kier alpha value is -1.60. The molecule has 1 aromatic rings. The van der Waals surface area contributed by atoms with E-state index in [1.54, 1.807) is 24.3 Å². The molecule has 0 bridgehead atoms. The summed E-state index contributed by atoms with van der Waals surface area (Å²) in [6, 6.07) is 6.31. The molecular weight excluding hydrogens is 278 g/mol. The molecule has 1 amide bonds. The molecule has 0 radical (unpaired) electrons. The molecule has 112 valence electrons. The lowest BCUT2D eigenvalue weighted by atomic mass is 10.0. The third-order valence-corrected chi connectivity index (χ3v) is 3.33. The van der Waals surface area contributed by atoms with Gasteiger partial charge in [0.25, 0.3) is 0 Å². The molecule has 0 aliphatic carbocycles. The summed E-state index contributed by atoms with van der Waals surface area (Å²) >= 11 is 0. The van der Waals surface area contributed by atoms with Gasteiger partial charge in [0.05, 0.1) is 11.9 Å². The first-order valence-corrected chi connectivity index (χ1v) is 8.20. The van der Waals surface area contributed by atoms with Crippen LogP contribution in [0.3, 0.4) is 0 Å². The van der Waals surface area contributed by atoms with Gasteiger partial charge in [-0.05, 0) is 24.1 Å². The number of carbonyl (C=O) groups excluding carboxylic acids is 1. The second-order valence-electron chi connectivity index (χ2n) is 5.12. The number of hydrogen-bond acceptors (Lipinski definition) is 4. The van der Waals surface area contributed by atoms with Crippen LogP contribution in [0.15, 0.2) is 24.3 Å². The Labute approximate surface area is 119 Å². The van der Waals surface area contributed by atoms with Crippen molar-refractivity contribution in [1.82, 2.24) is 0 Å². The molecule has 1 rings (SSSR count). The Bertz CT molecular complexity index is 570. The van der Waals surface area contributed by atoms with Gasteiger partial charge in [0.1, 0.15) is 0 Å². The minimum atomic E-state index is -3.34. The lowest BCUT2D eigenvalue weighted by Crippen LogP contribution is -2.31. The summed E-state index contributed by atoms with van der Waals surface area (Å²) in [7, 11) is -3.34. The smallest absolute Gasteiger partial charge is 0.229 e. The highest BCUT2D eigenvalue weighted by Gasteiger charge is 2.13. The molecule has 0 heterocycles. The maximum Gasteiger partial charge on any atom is 0.229 e. The largest absolute Gasteiger partial charge is 0.327 e. The van der Waals surface area contributed by atoms with Gasteiger partial charge in [-0.15, -0.1) is 0 Å². The van der Waals surface area contributed by atoms with Gasteiger partial charge in [-0.2, -0.15) is 0 Å². The van der Waals surface area contributed by atoms with Crippen molar-refractivity contribution in [2.45, 2.75) is 26.3 Å². The van der Waals surface area contributed by atoms with E-state index in [-0.39, 0.29) is 24.3 Å². The van der Waals surface area contributed by atoms with Crippen molar-refractivity contribution in [1.29, 1.82) is 0 Å². The van der Waals surface area contributed by atoms with Gasteiger partial charge in [-0.3, -0.25) is 9.52 Å². The van der Waals surface area contributed by atoms with Crippen molar-refractivity contribution in [2.75, 3.05) is 16.3 Å². The van der Waals surface area contributed by atoms with Crippen molar-refractivity contribution in [3.8, 4) is 0 Å². The zero-order chi connectivity index (χ0) is 15.3. The molecular formula is C13H21N3O3S. The normalized spacial score (nSPS) is 13.1. The van der Waals surface area contributed by atoms with Crippen LogP contribution in [-0.2, 0) is 14.8 Å². The molecule has 1 unspecified atom stereocenters. The molecule has 1 aromatic carbocycles. The molecule has 0 saturated carbocycles. The van der Waals surface area contributed by atoms with Crippen molar-refractivity contribution in [3.05, 3.63) is 24.3 Å². The molecule has 0 aliphatic heterocycles. The van der Waals surface area contributed by atoms with Crippen LogP contribution in [-0.4, -0.2) is 26.6 Å². The van der Waals surface area contributed by atoms with Crippen molar-refractivity contribution in [3.63, 3.8) is 0 Å². The van der Waals surface area contributed by atoms with E-state index in [9.17, 15) is 13.2 Å². The summed E-state index contributed by atoms with van der Waals surface area (Å²) in [5, 5.41) is 2.70. The molecule has 6 nitrogen and oxygen atoms in total. The highest BCUT2D eigenvalue weighted by Crippen LogP contribution is 2.16. The molecule has 1 atom stereocenters. The Morgan fingerprint density at radius 3 is 2.45 bits per heavy atom. The van der Waals surface area contributed by atoms with E-state index in [0.717, 1.165) is 6.26 Å². The lowest BCUT2D eigenvalue weighted by Gasteiger charge is -2.15. The van der Waals surface area contributed by atoms with Crippen LogP contribution in [0.5, 0.6) is 0 Å². The van der Waals surface area contributed by atoms with Gasteiger partial charge in [0, 0.05) is 18.2 Å². The third-order valence-electron chi connectivity index (χ3n) is 2.73. The topological polar surface area (TPSA) is 101 Å². The van der Waals surface area contributed by atoms with Crippen LogP contribution >= 0.6 is 0 Å². The third kappa shape index (κ3) is 6.03. The SMILES string of the molecule is CC(C)C(N)CC(=O)Nc1cccc(NS(C)(=O)=O)c1. The monoisotopic (exact) mass is 299 g/mol. The zero-order valence-electron chi connectivity index (χ0n) is 11.9. The number of amides is 1. The number of rotatable bonds is 6. The first kappa shape index (κ1) is 16.5. The van der Waals surface area contributed by atoms with Gasteiger partial charge < -0.3 is 11.1 Å². The van der Waals surface area contributed by atoms with Crippen LogP contribution in [0.4, 0.5) is 11.4 Å². The van der Waals surface area contributed by atoms with Crippen molar-refractivity contribution >= 4 is 27.3 Å². The van der Waals surface area contributed by atoms with Gasteiger partial charge in [-0.25, -0.2) is 8.42 Å². The average Bonchev–Trinajstić information content (AvgIpc) is 2.26. The van der Waals surface area contributed by atoms with Crippen molar-refractivity contribution < 1.29 is 13.2 Å². The number of nitrogens with one attached hydrogen (secondary N) is 2. The summed E-state index contributed by atoms with van der Waals surface area (Å²) in [5.74, 6) is 0.0293. The number of carbonyl (C=O) groups is 1. The predicted molar refractivity (Wildman–Crippen MR) is 81.0 cm³/mol. The van der Waals surface area contributed by atoms with E-state index >= 15 is 0 Å². The molecule has 0 fully saturated rings. The first-order valence-electron chi connectivity index (χ1n) is 6.30. The van der Waals surface area contributed by atoms with E-state index in [1.807, 2.05) is 13.8 Å². The minimum absolute atomic E-state index is 0.192.